The van der Waals surface area contributed by atoms with E-state index in [1.54, 1.807) is 16.2 Å². The van der Waals surface area contributed by atoms with Crippen LogP contribution < -0.4 is 0 Å². The topological polar surface area (TPSA) is 40.6 Å². The molecule has 0 N–H and O–H groups in total. The molecule has 0 bridgehead atoms. The number of carbonyl (C=O) groups is 2. The molecule has 2 aliphatic rings. The van der Waals surface area contributed by atoms with Gasteiger partial charge in [-0.05, 0) is 36.8 Å². The summed E-state index contributed by atoms with van der Waals surface area (Å²) >= 11 is 1.69. The van der Waals surface area contributed by atoms with E-state index in [0.29, 0.717) is 19.5 Å². The number of aryl methyl sites for hydroxylation is 1. The van der Waals surface area contributed by atoms with Gasteiger partial charge in [0, 0.05) is 24.4 Å². The highest BCUT2D eigenvalue weighted by Crippen LogP contribution is 2.26. The maximum atomic E-state index is 12.5. The van der Waals surface area contributed by atoms with Gasteiger partial charge in [-0.25, -0.2) is 0 Å². The molecule has 0 aliphatic carbocycles. The lowest BCUT2D eigenvalue weighted by atomic mass is 10.2. The predicted molar refractivity (Wildman–Crippen MR) is 73.8 cm³/mol. The van der Waals surface area contributed by atoms with Gasteiger partial charge in [0.05, 0.1) is 6.54 Å². The fraction of sp³-hybridized carbons (Fsp3) is 0.571. The van der Waals surface area contributed by atoms with Crippen LogP contribution in [0.25, 0.3) is 0 Å². The van der Waals surface area contributed by atoms with Crippen molar-refractivity contribution >= 4 is 23.2 Å². The van der Waals surface area contributed by atoms with Crippen molar-refractivity contribution in [2.75, 3.05) is 13.1 Å². The molecule has 2 amide bonds. The summed E-state index contributed by atoms with van der Waals surface area (Å²) in [5, 5.41) is 2.06. The van der Waals surface area contributed by atoms with Gasteiger partial charge >= 0.3 is 0 Å². The second-order valence-corrected chi connectivity index (χ2v) is 6.28. The Morgan fingerprint density at radius 3 is 2.95 bits per heavy atom. The number of amides is 2. The van der Waals surface area contributed by atoms with Crippen LogP contribution in [-0.4, -0.2) is 40.7 Å². The Labute approximate surface area is 117 Å². The van der Waals surface area contributed by atoms with Crippen molar-refractivity contribution in [3.8, 4) is 0 Å². The molecule has 1 aromatic heterocycles. The minimum atomic E-state index is -0.199. The predicted octanol–water partition coefficient (Wildman–Crippen LogP) is 1.78. The van der Waals surface area contributed by atoms with Crippen molar-refractivity contribution in [2.24, 2.45) is 0 Å². The lowest BCUT2D eigenvalue weighted by Gasteiger charge is -2.25. The molecule has 0 radical (unpaired) electrons. The first-order valence-electron chi connectivity index (χ1n) is 6.78. The molecule has 2 fully saturated rings. The SMILES string of the molecule is Cc1ccsc1CN1CCC(=O)N2CCCC2C1=O. The molecule has 3 heterocycles. The highest BCUT2D eigenvalue weighted by Gasteiger charge is 2.39. The van der Waals surface area contributed by atoms with E-state index in [-0.39, 0.29) is 17.9 Å². The normalized spacial score (nSPS) is 23.7. The Bertz CT molecular complexity index is 511. The number of fused-ring (bicyclic) bond motifs is 1. The number of hydrogen-bond donors (Lipinski definition) is 0. The zero-order valence-corrected chi connectivity index (χ0v) is 11.9. The van der Waals surface area contributed by atoms with Gasteiger partial charge < -0.3 is 9.80 Å². The summed E-state index contributed by atoms with van der Waals surface area (Å²) in [5.41, 5.74) is 1.23. The molecule has 0 spiro atoms. The third-order valence-electron chi connectivity index (χ3n) is 4.07. The highest BCUT2D eigenvalue weighted by atomic mass is 32.1. The minimum absolute atomic E-state index is 0.135. The lowest BCUT2D eigenvalue weighted by molar-refractivity contribution is -0.139. The molecule has 1 atom stereocenters. The highest BCUT2D eigenvalue weighted by molar-refractivity contribution is 7.10. The summed E-state index contributed by atoms with van der Waals surface area (Å²) in [5.74, 6) is 0.275. The van der Waals surface area contributed by atoms with Gasteiger partial charge in [-0.15, -0.1) is 11.3 Å². The molecular weight excluding hydrogens is 260 g/mol. The summed E-state index contributed by atoms with van der Waals surface area (Å²) in [6, 6.07) is 1.88. The molecule has 0 saturated carbocycles. The van der Waals surface area contributed by atoms with Crippen molar-refractivity contribution in [1.29, 1.82) is 0 Å². The number of carbonyl (C=O) groups excluding carboxylic acids is 2. The van der Waals surface area contributed by atoms with E-state index in [4.69, 9.17) is 0 Å². The maximum Gasteiger partial charge on any atom is 0.245 e. The number of rotatable bonds is 2. The molecule has 2 saturated heterocycles. The molecule has 1 aromatic rings. The smallest absolute Gasteiger partial charge is 0.245 e. The van der Waals surface area contributed by atoms with E-state index in [1.807, 2.05) is 4.90 Å². The standard InChI is InChI=1S/C14H18N2O2S/c1-10-5-8-19-12(10)9-15-7-4-13(17)16-6-2-3-11(16)14(15)18/h5,8,11H,2-4,6-7,9H2,1H3. The molecule has 5 heteroatoms. The fourth-order valence-electron chi connectivity index (χ4n) is 2.91. The average Bonchev–Trinajstić information content (AvgIpc) is 3.00. The van der Waals surface area contributed by atoms with E-state index in [1.165, 1.54) is 10.4 Å². The monoisotopic (exact) mass is 278 g/mol. The second kappa shape index (κ2) is 4.96. The van der Waals surface area contributed by atoms with Gasteiger partial charge in [0.25, 0.3) is 0 Å². The van der Waals surface area contributed by atoms with Gasteiger partial charge in [-0.2, -0.15) is 0 Å². The van der Waals surface area contributed by atoms with E-state index in [2.05, 4.69) is 18.4 Å². The number of nitrogens with zero attached hydrogens (tertiary/aromatic N) is 2. The first-order chi connectivity index (χ1) is 9.16. The minimum Gasteiger partial charge on any atom is -0.335 e. The van der Waals surface area contributed by atoms with Gasteiger partial charge in [-0.3, -0.25) is 9.59 Å². The van der Waals surface area contributed by atoms with Crippen LogP contribution in [0.15, 0.2) is 11.4 Å². The quantitative estimate of drug-likeness (QED) is 0.827. The summed E-state index contributed by atoms with van der Waals surface area (Å²) in [6.45, 7) is 4.03. The van der Waals surface area contributed by atoms with Crippen LogP contribution in [0.5, 0.6) is 0 Å². The largest absolute Gasteiger partial charge is 0.335 e. The van der Waals surface area contributed by atoms with Crippen LogP contribution >= 0.6 is 11.3 Å². The van der Waals surface area contributed by atoms with Gasteiger partial charge in [0.1, 0.15) is 6.04 Å². The maximum absolute atomic E-state index is 12.5. The van der Waals surface area contributed by atoms with Crippen molar-refractivity contribution in [1.82, 2.24) is 9.80 Å². The summed E-state index contributed by atoms with van der Waals surface area (Å²) in [6.07, 6.45) is 2.24. The van der Waals surface area contributed by atoms with Gasteiger partial charge in [-0.1, -0.05) is 0 Å². The zero-order chi connectivity index (χ0) is 13.4. The zero-order valence-electron chi connectivity index (χ0n) is 11.1. The Hall–Kier alpha value is -1.36. The van der Waals surface area contributed by atoms with Crippen LogP contribution in [0, 0.1) is 6.92 Å². The van der Waals surface area contributed by atoms with E-state index in [0.717, 1.165) is 19.4 Å². The molecule has 3 rings (SSSR count). The third-order valence-corrected chi connectivity index (χ3v) is 5.08. The molecule has 2 aliphatic heterocycles. The second-order valence-electron chi connectivity index (χ2n) is 5.28. The van der Waals surface area contributed by atoms with Crippen LogP contribution in [0.4, 0.5) is 0 Å². The summed E-state index contributed by atoms with van der Waals surface area (Å²) in [7, 11) is 0. The lowest BCUT2D eigenvalue weighted by Crippen LogP contribution is -2.43. The van der Waals surface area contributed by atoms with Crippen LogP contribution in [0.1, 0.15) is 29.7 Å². The van der Waals surface area contributed by atoms with Crippen molar-refractivity contribution in [2.45, 2.75) is 38.8 Å². The third kappa shape index (κ3) is 2.27. The fourth-order valence-corrected chi connectivity index (χ4v) is 3.83. The number of hydrogen-bond acceptors (Lipinski definition) is 3. The molecule has 102 valence electrons. The van der Waals surface area contributed by atoms with Crippen molar-refractivity contribution < 1.29 is 9.59 Å². The Balaban J connectivity index is 1.80. The van der Waals surface area contributed by atoms with Crippen LogP contribution in [-0.2, 0) is 16.1 Å². The first-order valence-corrected chi connectivity index (χ1v) is 7.66. The summed E-state index contributed by atoms with van der Waals surface area (Å²) < 4.78 is 0. The van der Waals surface area contributed by atoms with Gasteiger partial charge in [0.2, 0.25) is 11.8 Å². The first kappa shape index (κ1) is 12.7. The Morgan fingerprint density at radius 1 is 1.37 bits per heavy atom. The van der Waals surface area contributed by atoms with Crippen LogP contribution in [0.3, 0.4) is 0 Å². The van der Waals surface area contributed by atoms with E-state index >= 15 is 0 Å². The molecule has 1 unspecified atom stereocenters. The van der Waals surface area contributed by atoms with Gasteiger partial charge in [0.15, 0.2) is 0 Å². The average molecular weight is 278 g/mol. The number of thiophene rings is 1. The Morgan fingerprint density at radius 2 is 2.21 bits per heavy atom. The summed E-state index contributed by atoms with van der Waals surface area (Å²) in [4.78, 5) is 29.4. The van der Waals surface area contributed by atoms with Crippen LogP contribution in [0.2, 0.25) is 0 Å². The molecular formula is C14H18N2O2S. The molecule has 4 nitrogen and oxygen atoms in total. The Kier molecular flexibility index (Phi) is 3.31. The van der Waals surface area contributed by atoms with E-state index < -0.39 is 0 Å². The molecule has 0 aromatic carbocycles. The van der Waals surface area contributed by atoms with Crippen molar-refractivity contribution in [3.05, 3.63) is 21.9 Å². The molecule has 19 heavy (non-hydrogen) atoms. The van der Waals surface area contributed by atoms with E-state index in [9.17, 15) is 9.59 Å². The van der Waals surface area contributed by atoms with Crippen molar-refractivity contribution in [3.63, 3.8) is 0 Å².